The molecule has 0 saturated heterocycles. The van der Waals surface area contributed by atoms with Gasteiger partial charge in [0.15, 0.2) is 0 Å². The fourth-order valence-electron chi connectivity index (χ4n) is 1.72. The van der Waals surface area contributed by atoms with E-state index in [1.54, 1.807) is 0 Å². The zero-order valence-electron chi connectivity index (χ0n) is 8.82. The Balaban J connectivity index is 2.29. The van der Waals surface area contributed by atoms with Gasteiger partial charge in [0.1, 0.15) is 0 Å². The Bertz CT molecular complexity index is 366. The molecule has 0 saturated carbocycles. The summed E-state index contributed by atoms with van der Waals surface area (Å²) in [5.74, 6) is 5.89. The summed E-state index contributed by atoms with van der Waals surface area (Å²) in [6.07, 6.45) is 0. The summed E-state index contributed by atoms with van der Waals surface area (Å²) in [7, 11) is -2.21. The first kappa shape index (κ1) is 10.4. The van der Waals surface area contributed by atoms with Crippen LogP contribution in [0.1, 0.15) is 6.92 Å². The molecule has 0 N–H and O–H groups in total. The molecule has 15 heavy (non-hydrogen) atoms. The molecule has 0 fully saturated rings. The largest absolute Gasteiger partial charge is 0.379 e. The van der Waals surface area contributed by atoms with Crippen LogP contribution in [0.15, 0.2) is 30.3 Å². The third kappa shape index (κ3) is 2.12. The van der Waals surface area contributed by atoms with Gasteiger partial charge < -0.3 is 8.85 Å². The highest BCUT2D eigenvalue weighted by Gasteiger charge is 2.38. The molecular weight excluding hydrogens is 204 g/mol. The van der Waals surface area contributed by atoms with Crippen molar-refractivity contribution in [3.8, 4) is 11.8 Å². The van der Waals surface area contributed by atoms with Gasteiger partial charge in [0.25, 0.3) is 0 Å². The van der Waals surface area contributed by atoms with Crippen LogP contribution in [0.5, 0.6) is 0 Å². The van der Waals surface area contributed by atoms with Gasteiger partial charge in [-0.15, -0.1) is 0 Å². The van der Waals surface area contributed by atoms with Crippen LogP contribution in [-0.4, -0.2) is 21.8 Å². The molecule has 0 unspecified atom stereocenters. The van der Waals surface area contributed by atoms with E-state index >= 15 is 0 Å². The Hall–Kier alpha value is -1.08. The van der Waals surface area contributed by atoms with Crippen molar-refractivity contribution in [1.82, 2.24) is 0 Å². The third-order valence-electron chi connectivity index (χ3n) is 2.56. The number of hydrogen-bond acceptors (Lipinski definition) is 2. The fraction of sp³-hybridized carbons (Fsp3) is 0.333. The zero-order chi connectivity index (χ0) is 10.6. The van der Waals surface area contributed by atoms with Gasteiger partial charge in [-0.25, -0.2) is 0 Å². The van der Waals surface area contributed by atoms with Gasteiger partial charge in [-0.05, 0) is 11.2 Å². The lowest BCUT2D eigenvalue weighted by Gasteiger charge is -2.27. The number of benzene rings is 1. The first-order valence-electron chi connectivity index (χ1n) is 5.16. The Morgan fingerprint density at radius 3 is 2.27 bits per heavy atom. The smallest absolute Gasteiger partial charge is 0.373 e. The van der Waals surface area contributed by atoms with Gasteiger partial charge in [0, 0.05) is 0 Å². The average molecular weight is 218 g/mol. The van der Waals surface area contributed by atoms with Crippen LogP contribution in [-0.2, 0) is 8.85 Å². The molecule has 1 aliphatic rings. The molecule has 0 aliphatic carbocycles. The highest BCUT2D eigenvalue weighted by atomic mass is 28.4. The van der Waals surface area contributed by atoms with Gasteiger partial charge in [-0.2, -0.15) is 0 Å². The van der Waals surface area contributed by atoms with Crippen LogP contribution in [0, 0.1) is 11.8 Å². The molecule has 1 aromatic rings. The summed E-state index contributed by atoms with van der Waals surface area (Å²) in [4.78, 5) is 0. The van der Waals surface area contributed by atoms with E-state index < -0.39 is 8.56 Å². The summed E-state index contributed by atoms with van der Waals surface area (Å²) in [6.45, 7) is 3.11. The van der Waals surface area contributed by atoms with Crippen molar-refractivity contribution >= 4 is 13.7 Å². The maximum absolute atomic E-state index is 5.87. The summed E-state index contributed by atoms with van der Waals surface area (Å²) < 4.78 is 11.7. The first-order chi connectivity index (χ1) is 7.37. The predicted molar refractivity (Wildman–Crippen MR) is 62.0 cm³/mol. The van der Waals surface area contributed by atoms with E-state index in [0.29, 0.717) is 13.2 Å². The van der Waals surface area contributed by atoms with Crippen molar-refractivity contribution in [2.75, 3.05) is 13.2 Å². The molecule has 1 aromatic carbocycles. The van der Waals surface area contributed by atoms with Crippen LogP contribution in [0.25, 0.3) is 0 Å². The minimum absolute atomic E-state index is 0.495. The highest BCUT2D eigenvalue weighted by Crippen LogP contribution is 2.14. The van der Waals surface area contributed by atoms with E-state index in [9.17, 15) is 0 Å². The van der Waals surface area contributed by atoms with Crippen LogP contribution < -0.4 is 5.19 Å². The Kier molecular flexibility index (Phi) is 3.22. The van der Waals surface area contributed by atoms with Crippen LogP contribution >= 0.6 is 0 Å². The van der Waals surface area contributed by atoms with Gasteiger partial charge in [0.05, 0.1) is 13.2 Å². The van der Waals surface area contributed by atoms with Crippen molar-refractivity contribution < 1.29 is 8.85 Å². The molecule has 0 aromatic heterocycles. The second kappa shape index (κ2) is 4.62. The van der Waals surface area contributed by atoms with E-state index in [2.05, 4.69) is 30.9 Å². The lowest BCUT2D eigenvalue weighted by atomic mass is 10.4. The summed E-state index contributed by atoms with van der Waals surface area (Å²) in [5.41, 5.74) is 0. The van der Waals surface area contributed by atoms with E-state index in [-0.39, 0.29) is 0 Å². The van der Waals surface area contributed by atoms with Gasteiger partial charge >= 0.3 is 8.56 Å². The molecule has 1 aliphatic heterocycles. The van der Waals surface area contributed by atoms with Crippen molar-refractivity contribution in [3.63, 3.8) is 0 Å². The molecule has 1 heterocycles. The monoisotopic (exact) mass is 218 g/mol. The highest BCUT2D eigenvalue weighted by molar-refractivity contribution is 6.81. The van der Waals surface area contributed by atoms with Gasteiger partial charge in [0.2, 0.25) is 0 Å². The minimum atomic E-state index is -2.21. The van der Waals surface area contributed by atoms with E-state index in [0.717, 1.165) is 6.04 Å². The standard InChI is InChI=1S/C12H14O2Si/c1-2-15(12-8-4-3-5-9-12)13-10-6-7-11-14-15/h3-5,8-9H,2,10-11H2,1H3. The number of rotatable bonds is 2. The second-order valence-corrected chi connectivity index (χ2v) is 6.77. The lowest BCUT2D eigenvalue weighted by molar-refractivity contribution is 0.227. The van der Waals surface area contributed by atoms with E-state index in [4.69, 9.17) is 8.85 Å². The van der Waals surface area contributed by atoms with Crippen molar-refractivity contribution in [2.24, 2.45) is 0 Å². The summed E-state index contributed by atoms with van der Waals surface area (Å²) >= 11 is 0. The number of hydrogen-bond donors (Lipinski definition) is 0. The maximum atomic E-state index is 5.87. The third-order valence-corrected chi connectivity index (χ3v) is 5.92. The molecule has 0 amide bonds. The van der Waals surface area contributed by atoms with E-state index in [1.165, 1.54) is 5.19 Å². The maximum Gasteiger partial charge on any atom is 0.373 e. The Labute approximate surface area is 91.5 Å². The van der Waals surface area contributed by atoms with Crippen LogP contribution in [0.3, 0.4) is 0 Å². The van der Waals surface area contributed by atoms with Crippen LogP contribution in [0.4, 0.5) is 0 Å². The normalized spacial score (nSPS) is 18.7. The first-order valence-corrected chi connectivity index (χ1v) is 7.19. The van der Waals surface area contributed by atoms with Crippen LogP contribution in [0.2, 0.25) is 6.04 Å². The summed E-state index contributed by atoms with van der Waals surface area (Å²) in [5, 5.41) is 1.19. The average Bonchev–Trinajstić information content (AvgIpc) is 2.56. The molecule has 3 heteroatoms. The van der Waals surface area contributed by atoms with Crippen molar-refractivity contribution in [2.45, 2.75) is 13.0 Å². The fourth-order valence-corrected chi connectivity index (χ4v) is 4.26. The Morgan fingerprint density at radius 1 is 1.13 bits per heavy atom. The summed E-state index contributed by atoms with van der Waals surface area (Å²) in [6, 6.07) is 11.1. The molecule has 0 spiro atoms. The topological polar surface area (TPSA) is 18.5 Å². The second-order valence-electron chi connectivity index (χ2n) is 3.40. The van der Waals surface area contributed by atoms with E-state index in [1.807, 2.05) is 18.2 Å². The molecule has 0 bridgehead atoms. The van der Waals surface area contributed by atoms with Gasteiger partial charge in [-0.3, -0.25) is 0 Å². The Morgan fingerprint density at radius 2 is 1.73 bits per heavy atom. The molecule has 0 radical (unpaired) electrons. The lowest BCUT2D eigenvalue weighted by Crippen LogP contribution is -2.53. The predicted octanol–water partition coefficient (Wildman–Crippen LogP) is 1.41. The molecule has 0 atom stereocenters. The SMILES string of the molecule is CC[Si]1(c2ccccc2)OCC#CCO1. The van der Waals surface area contributed by atoms with Crippen molar-refractivity contribution in [3.05, 3.63) is 30.3 Å². The zero-order valence-corrected chi connectivity index (χ0v) is 9.82. The quantitative estimate of drug-likeness (QED) is 0.552. The van der Waals surface area contributed by atoms with Gasteiger partial charge in [-0.1, -0.05) is 49.1 Å². The van der Waals surface area contributed by atoms with Crippen molar-refractivity contribution in [1.29, 1.82) is 0 Å². The molecule has 2 nitrogen and oxygen atoms in total. The molecule has 78 valence electrons. The molecule has 2 rings (SSSR count). The molecular formula is C12H14O2Si. The minimum Gasteiger partial charge on any atom is -0.379 e.